The third-order valence-corrected chi connectivity index (χ3v) is 3.74. The number of hydrogen-bond acceptors (Lipinski definition) is 4. The minimum atomic E-state index is -0.366. The summed E-state index contributed by atoms with van der Waals surface area (Å²) in [6.45, 7) is 2.10. The third kappa shape index (κ3) is 4.16. The lowest BCUT2D eigenvalue weighted by Crippen LogP contribution is -2.04. The van der Waals surface area contributed by atoms with Crippen LogP contribution in [0.25, 0.3) is 17.4 Å². The highest BCUT2D eigenvalue weighted by Gasteiger charge is 2.10. The molecule has 4 nitrogen and oxygen atoms in total. The predicted molar refractivity (Wildman–Crippen MR) is 99.9 cm³/mol. The van der Waals surface area contributed by atoms with E-state index < -0.39 is 0 Å². The second-order valence-corrected chi connectivity index (χ2v) is 5.57. The first-order chi connectivity index (χ1) is 12.7. The Kier molecular flexibility index (Phi) is 5.44. The van der Waals surface area contributed by atoms with Crippen molar-refractivity contribution in [2.24, 2.45) is 0 Å². The van der Waals surface area contributed by atoms with Gasteiger partial charge in [0.1, 0.15) is 11.5 Å². The number of ketones is 1. The molecule has 0 bridgehead atoms. The normalized spacial score (nSPS) is 10.8. The lowest BCUT2D eigenvalue weighted by atomic mass is 10.1. The van der Waals surface area contributed by atoms with E-state index in [9.17, 15) is 9.59 Å². The molecule has 0 aliphatic carbocycles. The van der Waals surface area contributed by atoms with Crippen LogP contribution in [0.3, 0.4) is 0 Å². The van der Waals surface area contributed by atoms with Crippen LogP contribution in [-0.2, 0) is 4.74 Å². The molecule has 1 heterocycles. The van der Waals surface area contributed by atoms with Gasteiger partial charge in [-0.2, -0.15) is 0 Å². The highest BCUT2D eigenvalue weighted by molar-refractivity contribution is 6.06. The molecule has 3 aromatic rings. The van der Waals surface area contributed by atoms with E-state index >= 15 is 0 Å². The zero-order valence-electron chi connectivity index (χ0n) is 14.3. The fourth-order valence-electron chi connectivity index (χ4n) is 2.47. The quantitative estimate of drug-likeness (QED) is 0.357. The molecule has 1 aromatic heterocycles. The van der Waals surface area contributed by atoms with E-state index in [0.717, 1.165) is 5.56 Å². The van der Waals surface area contributed by atoms with Gasteiger partial charge in [0.25, 0.3) is 0 Å². The summed E-state index contributed by atoms with van der Waals surface area (Å²) < 4.78 is 10.8. The first-order valence-corrected chi connectivity index (χ1v) is 8.32. The van der Waals surface area contributed by atoms with Crippen molar-refractivity contribution in [3.05, 3.63) is 89.7 Å². The van der Waals surface area contributed by atoms with Gasteiger partial charge >= 0.3 is 5.97 Å². The maximum atomic E-state index is 12.1. The number of allylic oxidation sites excluding steroid dienone is 1. The molecule has 4 heteroatoms. The molecule has 0 saturated carbocycles. The van der Waals surface area contributed by atoms with Crippen molar-refractivity contribution >= 4 is 17.8 Å². The molecule has 0 N–H and O–H groups in total. The fourth-order valence-corrected chi connectivity index (χ4v) is 2.47. The standard InChI is InChI=1S/C22H18O4/c1-2-25-22(24)18-10-6-9-17(15-18)21-14-12-19(26-21)11-13-20(23)16-7-4-3-5-8-16/h3-15H,2H2,1H3/b13-11+. The van der Waals surface area contributed by atoms with Gasteiger partial charge in [-0.3, -0.25) is 4.79 Å². The van der Waals surface area contributed by atoms with Crippen molar-refractivity contribution in [1.82, 2.24) is 0 Å². The Morgan fingerprint density at radius 2 is 1.73 bits per heavy atom. The molecule has 0 saturated heterocycles. The lowest BCUT2D eigenvalue weighted by molar-refractivity contribution is 0.0526. The van der Waals surface area contributed by atoms with Gasteiger partial charge in [-0.05, 0) is 43.3 Å². The molecule has 0 aliphatic heterocycles. The minimum absolute atomic E-state index is 0.0899. The minimum Gasteiger partial charge on any atom is -0.462 e. The van der Waals surface area contributed by atoms with E-state index in [4.69, 9.17) is 9.15 Å². The molecular weight excluding hydrogens is 328 g/mol. The summed E-state index contributed by atoms with van der Waals surface area (Å²) in [5.74, 6) is 0.719. The van der Waals surface area contributed by atoms with E-state index in [2.05, 4.69) is 0 Å². The molecule has 0 fully saturated rings. The highest BCUT2D eigenvalue weighted by Crippen LogP contribution is 2.24. The second-order valence-electron chi connectivity index (χ2n) is 5.57. The van der Waals surface area contributed by atoms with Crippen molar-refractivity contribution in [2.75, 3.05) is 6.61 Å². The summed E-state index contributed by atoms with van der Waals surface area (Å²) in [5.41, 5.74) is 1.86. The Bertz CT molecular complexity index is 936. The monoisotopic (exact) mass is 346 g/mol. The van der Waals surface area contributed by atoms with Gasteiger partial charge in [-0.15, -0.1) is 0 Å². The number of benzene rings is 2. The van der Waals surface area contributed by atoms with E-state index in [1.807, 2.05) is 24.3 Å². The first-order valence-electron chi connectivity index (χ1n) is 8.32. The van der Waals surface area contributed by atoms with E-state index in [1.165, 1.54) is 6.08 Å². The van der Waals surface area contributed by atoms with Crippen LogP contribution in [-0.4, -0.2) is 18.4 Å². The summed E-state index contributed by atoms with van der Waals surface area (Å²) in [5, 5.41) is 0. The number of furan rings is 1. The summed E-state index contributed by atoms with van der Waals surface area (Å²) in [4.78, 5) is 23.9. The van der Waals surface area contributed by atoms with Crippen molar-refractivity contribution in [3.8, 4) is 11.3 Å². The molecule has 0 spiro atoms. The van der Waals surface area contributed by atoms with Crippen LogP contribution in [0.4, 0.5) is 0 Å². The Morgan fingerprint density at radius 3 is 2.50 bits per heavy atom. The van der Waals surface area contributed by atoms with Crippen LogP contribution in [0.1, 0.15) is 33.4 Å². The van der Waals surface area contributed by atoms with Crippen LogP contribution in [0.5, 0.6) is 0 Å². The largest absolute Gasteiger partial charge is 0.462 e. The smallest absolute Gasteiger partial charge is 0.338 e. The van der Waals surface area contributed by atoms with Crippen LogP contribution >= 0.6 is 0 Å². The average Bonchev–Trinajstić information content (AvgIpc) is 3.16. The summed E-state index contributed by atoms with van der Waals surface area (Å²) in [7, 11) is 0. The van der Waals surface area contributed by atoms with Gasteiger partial charge in [-0.1, -0.05) is 42.5 Å². The molecule has 26 heavy (non-hydrogen) atoms. The summed E-state index contributed by atoms with van der Waals surface area (Å²) >= 11 is 0. The van der Waals surface area contributed by atoms with Crippen molar-refractivity contribution in [3.63, 3.8) is 0 Å². The topological polar surface area (TPSA) is 56.5 Å². The van der Waals surface area contributed by atoms with E-state index in [-0.39, 0.29) is 11.8 Å². The zero-order valence-corrected chi connectivity index (χ0v) is 14.3. The molecular formula is C22H18O4. The van der Waals surface area contributed by atoms with Crippen LogP contribution < -0.4 is 0 Å². The maximum absolute atomic E-state index is 12.1. The third-order valence-electron chi connectivity index (χ3n) is 3.74. The maximum Gasteiger partial charge on any atom is 0.338 e. The molecule has 0 aliphatic rings. The number of rotatable bonds is 6. The van der Waals surface area contributed by atoms with Crippen LogP contribution in [0.2, 0.25) is 0 Å². The first kappa shape index (κ1) is 17.4. The van der Waals surface area contributed by atoms with Gasteiger partial charge in [0.05, 0.1) is 12.2 Å². The lowest BCUT2D eigenvalue weighted by Gasteiger charge is -2.03. The molecule has 0 amide bonds. The van der Waals surface area contributed by atoms with E-state index in [0.29, 0.717) is 29.3 Å². The van der Waals surface area contributed by atoms with Crippen molar-refractivity contribution in [1.29, 1.82) is 0 Å². The zero-order chi connectivity index (χ0) is 18.4. The molecule has 0 atom stereocenters. The summed E-state index contributed by atoms with van der Waals surface area (Å²) in [6.07, 6.45) is 3.11. The van der Waals surface area contributed by atoms with Gasteiger partial charge in [-0.25, -0.2) is 4.79 Å². The van der Waals surface area contributed by atoms with Gasteiger partial charge in [0.15, 0.2) is 5.78 Å². The number of esters is 1. The Balaban J connectivity index is 1.76. The number of carbonyl (C=O) groups excluding carboxylic acids is 2. The Morgan fingerprint density at radius 1 is 0.962 bits per heavy atom. The average molecular weight is 346 g/mol. The molecule has 0 unspecified atom stereocenters. The Labute approximate surface area is 151 Å². The number of hydrogen-bond donors (Lipinski definition) is 0. The van der Waals surface area contributed by atoms with Crippen LogP contribution in [0.15, 0.2) is 77.2 Å². The number of carbonyl (C=O) groups is 2. The summed E-state index contributed by atoms with van der Waals surface area (Å²) in [6, 6.07) is 19.7. The highest BCUT2D eigenvalue weighted by atomic mass is 16.5. The van der Waals surface area contributed by atoms with Gasteiger partial charge < -0.3 is 9.15 Å². The van der Waals surface area contributed by atoms with Crippen molar-refractivity contribution in [2.45, 2.75) is 6.92 Å². The molecule has 3 rings (SSSR count). The van der Waals surface area contributed by atoms with Gasteiger partial charge in [0.2, 0.25) is 0 Å². The van der Waals surface area contributed by atoms with Crippen LogP contribution in [0, 0.1) is 0 Å². The van der Waals surface area contributed by atoms with Crippen molar-refractivity contribution < 1.29 is 18.7 Å². The number of ether oxygens (including phenoxy) is 1. The molecule has 130 valence electrons. The molecule has 2 aromatic carbocycles. The fraction of sp³-hybridized carbons (Fsp3) is 0.0909. The van der Waals surface area contributed by atoms with Gasteiger partial charge in [0, 0.05) is 11.1 Å². The second kappa shape index (κ2) is 8.12. The predicted octanol–water partition coefficient (Wildman–Crippen LogP) is 5.02. The molecule has 0 radical (unpaired) electrons. The SMILES string of the molecule is CCOC(=O)c1cccc(-c2ccc(/C=C/C(=O)c3ccccc3)o2)c1. The van der Waals surface area contributed by atoms with E-state index in [1.54, 1.807) is 55.5 Å². The Hall–Kier alpha value is -3.40.